The van der Waals surface area contributed by atoms with Gasteiger partial charge in [0.15, 0.2) is 0 Å². The van der Waals surface area contributed by atoms with Crippen LogP contribution in [0.2, 0.25) is 0 Å². The average molecular weight is 527 g/mol. The summed E-state index contributed by atoms with van der Waals surface area (Å²) < 4.78 is 29.1. The fourth-order valence-electron chi connectivity index (χ4n) is 8.67. The van der Waals surface area contributed by atoms with Gasteiger partial charge in [0.05, 0.1) is 39.1 Å². The summed E-state index contributed by atoms with van der Waals surface area (Å²) >= 11 is 0. The van der Waals surface area contributed by atoms with Gasteiger partial charge in [-0.05, 0) is 70.6 Å². The largest absolute Gasteiger partial charge is 0.496 e. The summed E-state index contributed by atoms with van der Waals surface area (Å²) in [5, 5.41) is 0. The molecule has 0 spiro atoms. The third-order valence-electron chi connectivity index (χ3n) is 10.1. The van der Waals surface area contributed by atoms with Crippen molar-refractivity contribution in [1.29, 1.82) is 0 Å². The second-order valence-electron chi connectivity index (χ2n) is 13.0. The zero-order chi connectivity index (χ0) is 27.8. The molecule has 2 heterocycles. The number of rotatable bonds is 5. The molecule has 7 nitrogen and oxygen atoms in total. The lowest BCUT2D eigenvalue weighted by Gasteiger charge is -2.56. The average Bonchev–Trinajstić information content (AvgIpc) is 3.41. The maximum absolute atomic E-state index is 13.3. The van der Waals surface area contributed by atoms with Crippen LogP contribution in [0, 0.1) is 16.7 Å². The standard InChI is InChI=1S/C31H42O7/c1-28(2,3)31-23-19(35-7)15-18-17(11-12-20-29(4,16-34-6)13-10-14-30(18,20)5)21(23)25(38-31)22(26(32)36-8)24(31)27(33)37-9/h15,20,25H,10-14,16H2,1-9H3/t20-,25-,29+,30+,31+/m0/s1. The first-order valence-corrected chi connectivity index (χ1v) is 13.7. The molecule has 4 aliphatic rings. The van der Waals surface area contributed by atoms with Crippen LogP contribution in [-0.4, -0.2) is 47.0 Å². The zero-order valence-electron chi connectivity index (χ0n) is 24.3. The van der Waals surface area contributed by atoms with Gasteiger partial charge in [0, 0.05) is 12.7 Å². The number of ether oxygens (including phenoxy) is 5. The maximum atomic E-state index is 13.3. The molecule has 1 saturated carbocycles. The molecule has 2 bridgehead atoms. The monoisotopic (exact) mass is 526 g/mol. The lowest BCUT2D eigenvalue weighted by atomic mass is 9.49. The van der Waals surface area contributed by atoms with Crippen LogP contribution in [0.4, 0.5) is 0 Å². The zero-order valence-corrected chi connectivity index (χ0v) is 24.3. The van der Waals surface area contributed by atoms with Gasteiger partial charge in [-0.2, -0.15) is 0 Å². The van der Waals surface area contributed by atoms with Crippen LogP contribution in [0.5, 0.6) is 5.75 Å². The number of methoxy groups -OCH3 is 4. The van der Waals surface area contributed by atoms with Crippen LogP contribution in [0.25, 0.3) is 0 Å². The van der Waals surface area contributed by atoms with E-state index >= 15 is 0 Å². The van der Waals surface area contributed by atoms with Crippen LogP contribution in [0.1, 0.15) is 88.7 Å². The van der Waals surface area contributed by atoms with Gasteiger partial charge < -0.3 is 23.7 Å². The number of carbonyl (C=O) groups is 2. The molecule has 208 valence electrons. The lowest BCUT2D eigenvalue weighted by Crippen LogP contribution is -2.51. The predicted molar refractivity (Wildman–Crippen MR) is 142 cm³/mol. The van der Waals surface area contributed by atoms with E-state index in [1.807, 2.05) is 20.8 Å². The van der Waals surface area contributed by atoms with Crippen molar-refractivity contribution in [3.63, 3.8) is 0 Å². The summed E-state index contributed by atoms with van der Waals surface area (Å²) in [5.74, 6) is 0.00976. The molecule has 0 amide bonds. The Morgan fingerprint density at radius 1 is 1.05 bits per heavy atom. The van der Waals surface area contributed by atoms with Crippen LogP contribution in [0.3, 0.4) is 0 Å². The molecule has 38 heavy (non-hydrogen) atoms. The fourth-order valence-corrected chi connectivity index (χ4v) is 8.67. The van der Waals surface area contributed by atoms with Crippen molar-refractivity contribution in [2.24, 2.45) is 16.7 Å². The highest BCUT2D eigenvalue weighted by Crippen LogP contribution is 2.69. The van der Waals surface area contributed by atoms with E-state index in [1.165, 1.54) is 25.3 Å². The topological polar surface area (TPSA) is 80.3 Å². The van der Waals surface area contributed by atoms with E-state index in [4.69, 9.17) is 23.7 Å². The molecule has 0 aromatic heterocycles. The van der Waals surface area contributed by atoms with Crippen molar-refractivity contribution in [3.8, 4) is 5.75 Å². The molecule has 7 heteroatoms. The van der Waals surface area contributed by atoms with Crippen LogP contribution in [-0.2, 0) is 46.0 Å². The molecule has 2 aliphatic carbocycles. The van der Waals surface area contributed by atoms with Crippen molar-refractivity contribution in [2.75, 3.05) is 35.0 Å². The molecule has 0 saturated heterocycles. The minimum Gasteiger partial charge on any atom is -0.496 e. The number of fused-ring (bicyclic) bond motifs is 9. The SMILES string of the molecule is COC[C@@]1(C)CCC[C@]2(C)c3cc(OC)c4c(c3CC[C@@H]12)[C@@H]1O[C@@]4(C(C)(C)C)C(C(=O)OC)=C1C(=O)OC. The number of esters is 2. The summed E-state index contributed by atoms with van der Waals surface area (Å²) in [6.45, 7) is 11.6. The Morgan fingerprint density at radius 3 is 2.32 bits per heavy atom. The van der Waals surface area contributed by atoms with Gasteiger partial charge in [-0.1, -0.05) is 41.0 Å². The third-order valence-corrected chi connectivity index (χ3v) is 10.1. The highest BCUT2D eigenvalue weighted by molar-refractivity contribution is 6.05. The first-order chi connectivity index (χ1) is 17.9. The Hall–Kier alpha value is -2.38. The molecule has 0 unspecified atom stereocenters. The van der Waals surface area contributed by atoms with Gasteiger partial charge in [-0.15, -0.1) is 0 Å². The normalized spacial score (nSPS) is 33.4. The number of carbonyl (C=O) groups excluding carboxylic acids is 2. The molecule has 2 aliphatic heterocycles. The maximum Gasteiger partial charge on any atom is 0.337 e. The van der Waals surface area contributed by atoms with E-state index in [1.54, 1.807) is 14.2 Å². The number of benzene rings is 1. The van der Waals surface area contributed by atoms with Crippen LogP contribution >= 0.6 is 0 Å². The van der Waals surface area contributed by atoms with Crippen LogP contribution in [0.15, 0.2) is 17.2 Å². The molecule has 1 fully saturated rings. The van der Waals surface area contributed by atoms with Crippen molar-refractivity contribution in [3.05, 3.63) is 39.5 Å². The number of hydrogen-bond donors (Lipinski definition) is 0. The highest BCUT2D eigenvalue weighted by atomic mass is 16.6. The smallest absolute Gasteiger partial charge is 0.337 e. The van der Waals surface area contributed by atoms with Gasteiger partial charge in [0.2, 0.25) is 0 Å². The van der Waals surface area contributed by atoms with Gasteiger partial charge >= 0.3 is 11.9 Å². The summed E-state index contributed by atoms with van der Waals surface area (Å²) in [5.41, 5.74) is 3.00. The molecule has 0 N–H and O–H groups in total. The summed E-state index contributed by atoms with van der Waals surface area (Å²) in [6, 6.07) is 2.20. The van der Waals surface area contributed by atoms with E-state index in [-0.39, 0.29) is 22.0 Å². The minimum atomic E-state index is -1.21. The van der Waals surface area contributed by atoms with Gasteiger partial charge in [-0.3, -0.25) is 0 Å². The Balaban J connectivity index is 1.82. The van der Waals surface area contributed by atoms with Crippen molar-refractivity contribution < 1.29 is 33.3 Å². The Bertz CT molecular complexity index is 1220. The fraction of sp³-hybridized carbons (Fsp3) is 0.677. The van der Waals surface area contributed by atoms with E-state index < -0.39 is 29.1 Å². The molecule has 1 aromatic carbocycles. The predicted octanol–water partition coefficient (Wildman–Crippen LogP) is 5.32. The molecular weight excluding hydrogens is 484 g/mol. The first-order valence-electron chi connectivity index (χ1n) is 13.7. The molecular formula is C31H42O7. The second-order valence-corrected chi connectivity index (χ2v) is 13.0. The Labute approximate surface area is 226 Å². The van der Waals surface area contributed by atoms with Crippen LogP contribution < -0.4 is 4.74 Å². The summed E-state index contributed by atoms with van der Waals surface area (Å²) in [7, 11) is 6.14. The van der Waals surface area contributed by atoms with Crippen molar-refractivity contribution >= 4 is 11.9 Å². The van der Waals surface area contributed by atoms with Gasteiger partial charge in [0.25, 0.3) is 0 Å². The van der Waals surface area contributed by atoms with Gasteiger partial charge in [-0.25, -0.2) is 9.59 Å². The molecule has 5 rings (SSSR count). The van der Waals surface area contributed by atoms with E-state index in [0.717, 1.165) is 49.8 Å². The van der Waals surface area contributed by atoms with E-state index in [9.17, 15) is 9.59 Å². The van der Waals surface area contributed by atoms with E-state index in [0.29, 0.717) is 11.7 Å². The van der Waals surface area contributed by atoms with Gasteiger partial charge in [0.1, 0.15) is 17.5 Å². The van der Waals surface area contributed by atoms with Crippen molar-refractivity contribution in [2.45, 2.75) is 83.8 Å². The summed E-state index contributed by atoms with van der Waals surface area (Å²) in [4.78, 5) is 26.6. The molecule has 5 atom stereocenters. The third kappa shape index (κ3) is 3.27. The quantitative estimate of drug-likeness (QED) is 0.480. The lowest BCUT2D eigenvalue weighted by molar-refractivity contribution is -0.143. The molecule has 0 radical (unpaired) electrons. The highest BCUT2D eigenvalue weighted by Gasteiger charge is 2.68. The summed E-state index contributed by atoms with van der Waals surface area (Å²) in [6.07, 6.45) is 4.52. The minimum absolute atomic E-state index is 0.0710. The Morgan fingerprint density at radius 2 is 1.74 bits per heavy atom. The van der Waals surface area contributed by atoms with E-state index in [2.05, 4.69) is 19.9 Å². The van der Waals surface area contributed by atoms with Crippen molar-refractivity contribution in [1.82, 2.24) is 0 Å². The molecule has 1 aromatic rings. The second kappa shape index (κ2) is 8.82. The number of hydrogen-bond acceptors (Lipinski definition) is 7. The first kappa shape index (κ1) is 27.2. The Kier molecular flexibility index (Phi) is 6.31.